The molecule has 0 radical (unpaired) electrons. The van der Waals surface area contributed by atoms with E-state index >= 15 is 0 Å². The van der Waals surface area contributed by atoms with Gasteiger partial charge in [-0.25, -0.2) is 0 Å². The standard InChI is InChI=1S/C36H46N4O4/c41-33(37-31-15-8-13-27-11-4-5-14-29(27)31)25-40-20-16-30-28(24-40)12-6-7-17-36(18-21-44-22-19-36)35(43)39-32(34(42)38-30)23-26-9-2-1-3-10-26/h1-3,6-10,13,15,28,30,32H,4-5,11-12,14,16-25H2,(H,37,41)(H,38,42)(H,39,43)/b7-6+/t28-,30-,32+/m0/s1. The van der Waals surface area contributed by atoms with Crippen molar-refractivity contribution in [1.82, 2.24) is 15.5 Å². The number of aryl methyl sites for hydroxylation is 1. The van der Waals surface area contributed by atoms with Crippen LogP contribution in [0, 0.1) is 11.3 Å². The van der Waals surface area contributed by atoms with Crippen molar-refractivity contribution in [2.24, 2.45) is 11.3 Å². The van der Waals surface area contributed by atoms with Gasteiger partial charge in [0, 0.05) is 44.5 Å². The monoisotopic (exact) mass is 598 g/mol. The number of nitrogens with zero attached hydrogens (tertiary/aromatic N) is 1. The van der Waals surface area contributed by atoms with Crippen LogP contribution in [0.4, 0.5) is 5.69 Å². The summed E-state index contributed by atoms with van der Waals surface area (Å²) in [6.45, 7) is 2.88. The van der Waals surface area contributed by atoms with Crippen LogP contribution in [-0.4, -0.2) is 67.6 Å². The first-order valence-corrected chi connectivity index (χ1v) is 16.5. The third kappa shape index (κ3) is 7.24. The Labute approximate surface area is 261 Å². The van der Waals surface area contributed by atoms with Crippen LogP contribution in [0.1, 0.15) is 61.6 Å². The summed E-state index contributed by atoms with van der Waals surface area (Å²) in [6.07, 6.45) is 12.7. The van der Waals surface area contributed by atoms with Crippen molar-refractivity contribution in [1.29, 1.82) is 0 Å². The van der Waals surface area contributed by atoms with Crippen molar-refractivity contribution in [3.63, 3.8) is 0 Å². The second kappa shape index (κ2) is 14.1. The number of allylic oxidation sites excluding steroid dienone is 2. The average Bonchev–Trinajstić information content (AvgIpc) is 3.04. The van der Waals surface area contributed by atoms with Gasteiger partial charge < -0.3 is 20.7 Å². The zero-order chi connectivity index (χ0) is 30.4. The molecule has 8 nitrogen and oxygen atoms in total. The molecule has 0 unspecified atom stereocenters. The Morgan fingerprint density at radius 3 is 2.64 bits per heavy atom. The molecule has 0 bridgehead atoms. The highest BCUT2D eigenvalue weighted by Gasteiger charge is 2.41. The van der Waals surface area contributed by atoms with Crippen molar-refractivity contribution < 1.29 is 19.1 Å². The molecule has 4 aliphatic rings. The molecule has 44 heavy (non-hydrogen) atoms. The van der Waals surface area contributed by atoms with E-state index in [0.29, 0.717) is 45.4 Å². The second-order valence-corrected chi connectivity index (χ2v) is 13.1. The van der Waals surface area contributed by atoms with Gasteiger partial charge in [-0.05, 0) is 86.5 Å². The number of ether oxygens (including phenoxy) is 1. The predicted octanol–water partition coefficient (Wildman–Crippen LogP) is 4.18. The number of nitrogens with one attached hydrogen (secondary N) is 3. The Kier molecular flexibility index (Phi) is 9.77. The summed E-state index contributed by atoms with van der Waals surface area (Å²) in [7, 11) is 0. The minimum absolute atomic E-state index is 0.0160. The Morgan fingerprint density at radius 1 is 0.977 bits per heavy atom. The molecule has 2 fully saturated rings. The van der Waals surface area contributed by atoms with Gasteiger partial charge in [0.15, 0.2) is 0 Å². The molecule has 2 aromatic carbocycles. The van der Waals surface area contributed by atoms with E-state index in [-0.39, 0.29) is 29.7 Å². The fraction of sp³-hybridized carbons (Fsp3) is 0.528. The lowest BCUT2D eigenvalue weighted by Crippen LogP contribution is -2.58. The molecule has 2 saturated heterocycles. The van der Waals surface area contributed by atoms with Crippen LogP contribution in [0.15, 0.2) is 60.7 Å². The third-order valence-electron chi connectivity index (χ3n) is 10.1. The quantitative estimate of drug-likeness (QED) is 0.449. The number of amides is 3. The molecule has 1 aliphatic carbocycles. The predicted molar refractivity (Wildman–Crippen MR) is 171 cm³/mol. The number of benzene rings is 2. The highest BCUT2D eigenvalue weighted by Crippen LogP contribution is 2.36. The molecule has 3 aliphatic heterocycles. The maximum atomic E-state index is 13.8. The van der Waals surface area contributed by atoms with E-state index < -0.39 is 11.5 Å². The number of carbonyl (C=O) groups excluding carboxylic acids is 3. The SMILES string of the molecule is O=C(CN1CC[C@@H]2NC(=O)[C@@H](Cc3ccccc3)NC(=O)C3(C/C=C/C[C@H]2C1)CCOCC3)Nc1cccc2c1CCCC2. The van der Waals surface area contributed by atoms with Gasteiger partial charge in [0.25, 0.3) is 0 Å². The van der Waals surface area contributed by atoms with Crippen molar-refractivity contribution >= 4 is 23.4 Å². The summed E-state index contributed by atoms with van der Waals surface area (Å²) in [6, 6.07) is 15.4. The topological polar surface area (TPSA) is 99.8 Å². The molecule has 8 heteroatoms. The number of likely N-dealkylation sites (tertiary alicyclic amines) is 1. The molecule has 6 rings (SSSR count). The molecular formula is C36H46N4O4. The van der Waals surface area contributed by atoms with Gasteiger partial charge in [0.1, 0.15) is 6.04 Å². The normalized spacial score (nSPS) is 26.6. The highest BCUT2D eigenvalue weighted by molar-refractivity contribution is 5.93. The molecule has 3 heterocycles. The van der Waals surface area contributed by atoms with Gasteiger partial charge in [0.2, 0.25) is 17.7 Å². The molecular weight excluding hydrogens is 552 g/mol. The molecule has 0 saturated carbocycles. The lowest BCUT2D eigenvalue weighted by Gasteiger charge is -2.40. The fourth-order valence-corrected chi connectivity index (χ4v) is 7.49. The van der Waals surface area contributed by atoms with E-state index in [4.69, 9.17) is 4.74 Å². The summed E-state index contributed by atoms with van der Waals surface area (Å²) in [4.78, 5) is 43.0. The summed E-state index contributed by atoms with van der Waals surface area (Å²) in [5.41, 5.74) is 4.04. The number of carbonyl (C=O) groups is 3. The highest BCUT2D eigenvalue weighted by atomic mass is 16.5. The smallest absolute Gasteiger partial charge is 0.243 e. The zero-order valence-electron chi connectivity index (χ0n) is 25.7. The van der Waals surface area contributed by atoms with Crippen LogP contribution in [0.3, 0.4) is 0 Å². The Morgan fingerprint density at radius 2 is 1.80 bits per heavy atom. The zero-order valence-corrected chi connectivity index (χ0v) is 25.7. The number of rotatable bonds is 5. The van der Waals surface area contributed by atoms with Crippen LogP contribution in [0.25, 0.3) is 0 Å². The van der Waals surface area contributed by atoms with Gasteiger partial charge in [-0.15, -0.1) is 0 Å². The Bertz CT molecular complexity index is 1350. The fourth-order valence-electron chi connectivity index (χ4n) is 7.49. The number of anilines is 1. The lowest BCUT2D eigenvalue weighted by atomic mass is 9.75. The van der Waals surface area contributed by atoms with Crippen molar-refractivity contribution in [3.8, 4) is 0 Å². The van der Waals surface area contributed by atoms with Crippen LogP contribution < -0.4 is 16.0 Å². The van der Waals surface area contributed by atoms with Crippen LogP contribution >= 0.6 is 0 Å². The van der Waals surface area contributed by atoms with Crippen molar-refractivity contribution in [3.05, 3.63) is 77.4 Å². The molecule has 0 aromatic heterocycles. The van der Waals surface area contributed by atoms with E-state index in [0.717, 1.165) is 50.0 Å². The van der Waals surface area contributed by atoms with Gasteiger partial charge >= 0.3 is 0 Å². The number of hydrogen-bond donors (Lipinski definition) is 3. The lowest BCUT2D eigenvalue weighted by molar-refractivity contribution is -0.140. The van der Waals surface area contributed by atoms with E-state index in [1.165, 1.54) is 24.0 Å². The maximum absolute atomic E-state index is 13.8. The summed E-state index contributed by atoms with van der Waals surface area (Å²) in [5.74, 6) is -0.00944. The first-order valence-electron chi connectivity index (χ1n) is 16.5. The van der Waals surface area contributed by atoms with Crippen molar-refractivity contribution in [2.45, 2.75) is 76.3 Å². The van der Waals surface area contributed by atoms with E-state index in [9.17, 15) is 14.4 Å². The molecule has 2 aromatic rings. The second-order valence-electron chi connectivity index (χ2n) is 13.1. The van der Waals surface area contributed by atoms with Crippen LogP contribution in [0.5, 0.6) is 0 Å². The van der Waals surface area contributed by atoms with Gasteiger partial charge in [0.05, 0.1) is 12.0 Å². The minimum Gasteiger partial charge on any atom is -0.381 e. The molecule has 3 amide bonds. The van der Waals surface area contributed by atoms with Crippen LogP contribution in [-0.2, 0) is 38.4 Å². The molecule has 3 N–H and O–H groups in total. The number of fused-ring (bicyclic) bond motifs is 2. The first-order chi connectivity index (χ1) is 21.5. The first kappa shape index (κ1) is 30.5. The molecule has 1 spiro atoms. The average molecular weight is 599 g/mol. The molecule has 234 valence electrons. The van der Waals surface area contributed by atoms with Gasteiger partial charge in [-0.2, -0.15) is 0 Å². The van der Waals surface area contributed by atoms with Gasteiger partial charge in [-0.1, -0.05) is 54.6 Å². The number of hydrogen-bond acceptors (Lipinski definition) is 5. The third-order valence-corrected chi connectivity index (χ3v) is 10.1. The summed E-state index contributed by atoms with van der Waals surface area (Å²) in [5, 5.41) is 9.70. The van der Waals surface area contributed by atoms with Crippen LogP contribution in [0.2, 0.25) is 0 Å². The number of piperidine rings is 1. The van der Waals surface area contributed by atoms with E-state index in [1.54, 1.807) is 0 Å². The minimum atomic E-state index is -0.658. The van der Waals surface area contributed by atoms with E-state index in [2.05, 4.69) is 39.1 Å². The largest absolute Gasteiger partial charge is 0.381 e. The van der Waals surface area contributed by atoms with Crippen molar-refractivity contribution in [2.75, 3.05) is 38.2 Å². The Hall–Kier alpha value is -3.49. The Balaban J connectivity index is 1.16. The summed E-state index contributed by atoms with van der Waals surface area (Å²) < 4.78 is 5.62. The molecule has 3 atom stereocenters. The van der Waals surface area contributed by atoms with E-state index in [1.807, 2.05) is 42.5 Å². The maximum Gasteiger partial charge on any atom is 0.243 e. The summed E-state index contributed by atoms with van der Waals surface area (Å²) >= 11 is 0. The van der Waals surface area contributed by atoms with Gasteiger partial charge in [-0.3, -0.25) is 19.3 Å².